The molecule has 0 radical (unpaired) electrons. The number of rotatable bonds is 5. The summed E-state index contributed by atoms with van der Waals surface area (Å²) in [4.78, 5) is 25.5. The highest BCUT2D eigenvalue weighted by Gasteiger charge is 2.17. The Morgan fingerprint density at radius 2 is 1.65 bits per heavy atom. The standard InChI is InChI=1S/C25H18Cl3N3O2S/c1-13-3-9-19-21(11-13)34-23(22(19)28)25(33)31-30-14(2)15-4-7-17(8-5-15)29-24(32)18-10-6-16(26)12-20(18)27/h3-12H,1-2H3,(H,29,32)(H,31,33). The van der Waals surface area contributed by atoms with Gasteiger partial charge in [0.1, 0.15) is 4.88 Å². The highest BCUT2D eigenvalue weighted by Crippen LogP contribution is 2.35. The van der Waals surface area contributed by atoms with Crippen molar-refractivity contribution in [2.75, 3.05) is 5.32 Å². The molecule has 9 heteroatoms. The first kappa shape index (κ1) is 24.2. The molecule has 2 N–H and O–H groups in total. The highest BCUT2D eigenvalue weighted by molar-refractivity contribution is 7.21. The number of hydrogen-bond donors (Lipinski definition) is 2. The van der Waals surface area contributed by atoms with Crippen LogP contribution in [0, 0.1) is 6.92 Å². The lowest BCUT2D eigenvalue weighted by Crippen LogP contribution is -2.18. The zero-order valence-corrected chi connectivity index (χ0v) is 21.2. The van der Waals surface area contributed by atoms with Gasteiger partial charge in [0.2, 0.25) is 0 Å². The Labute approximate surface area is 215 Å². The van der Waals surface area contributed by atoms with Crippen molar-refractivity contribution in [1.82, 2.24) is 5.43 Å². The molecule has 0 unspecified atom stereocenters. The number of nitrogens with zero attached hydrogens (tertiary/aromatic N) is 1. The summed E-state index contributed by atoms with van der Waals surface area (Å²) >= 11 is 19.7. The largest absolute Gasteiger partial charge is 0.322 e. The van der Waals surface area contributed by atoms with Crippen LogP contribution in [0.2, 0.25) is 15.1 Å². The van der Waals surface area contributed by atoms with Gasteiger partial charge in [-0.2, -0.15) is 5.10 Å². The summed E-state index contributed by atoms with van der Waals surface area (Å²) in [6.07, 6.45) is 0. The lowest BCUT2D eigenvalue weighted by Gasteiger charge is -2.08. The average molecular weight is 531 g/mol. The first-order valence-corrected chi connectivity index (χ1v) is 12.1. The van der Waals surface area contributed by atoms with Crippen molar-refractivity contribution in [2.24, 2.45) is 5.10 Å². The fourth-order valence-electron chi connectivity index (χ4n) is 3.24. The van der Waals surface area contributed by atoms with E-state index in [9.17, 15) is 9.59 Å². The second-order valence-electron chi connectivity index (χ2n) is 7.54. The van der Waals surface area contributed by atoms with Crippen molar-refractivity contribution in [1.29, 1.82) is 0 Å². The molecule has 4 rings (SSSR count). The van der Waals surface area contributed by atoms with Crippen LogP contribution in [0.5, 0.6) is 0 Å². The molecule has 4 aromatic rings. The summed E-state index contributed by atoms with van der Waals surface area (Å²) in [5.41, 5.74) is 5.96. The van der Waals surface area contributed by atoms with Crippen LogP contribution in [-0.2, 0) is 0 Å². The molecule has 0 spiro atoms. The Hall–Kier alpha value is -2.90. The predicted molar refractivity (Wildman–Crippen MR) is 142 cm³/mol. The van der Waals surface area contributed by atoms with E-state index < -0.39 is 0 Å². The normalized spacial score (nSPS) is 11.5. The zero-order valence-electron chi connectivity index (χ0n) is 18.1. The number of benzene rings is 3. The summed E-state index contributed by atoms with van der Waals surface area (Å²) in [6, 6.07) is 17.6. The van der Waals surface area contributed by atoms with E-state index in [-0.39, 0.29) is 16.8 Å². The van der Waals surface area contributed by atoms with Crippen LogP contribution in [0.4, 0.5) is 5.69 Å². The Bertz CT molecular complexity index is 1450. The molecule has 5 nitrogen and oxygen atoms in total. The second-order valence-corrected chi connectivity index (χ2v) is 9.81. The van der Waals surface area contributed by atoms with Crippen LogP contribution >= 0.6 is 46.1 Å². The smallest absolute Gasteiger partial charge is 0.283 e. The Kier molecular flexibility index (Phi) is 7.24. The van der Waals surface area contributed by atoms with E-state index in [0.717, 1.165) is 21.2 Å². The molecular weight excluding hydrogens is 513 g/mol. The first-order chi connectivity index (χ1) is 16.2. The van der Waals surface area contributed by atoms with Gasteiger partial charge in [-0.3, -0.25) is 9.59 Å². The molecule has 0 saturated carbocycles. The van der Waals surface area contributed by atoms with Gasteiger partial charge in [0.15, 0.2) is 0 Å². The first-order valence-electron chi connectivity index (χ1n) is 10.1. The molecule has 0 saturated heterocycles. The van der Waals surface area contributed by atoms with Crippen molar-refractivity contribution in [3.63, 3.8) is 0 Å². The van der Waals surface area contributed by atoms with E-state index in [1.165, 1.54) is 17.4 Å². The molecule has 0 aliphatic heterocycles. The third-order valence-corrected chi connectivity index (χ3v) is 7.26. The van der Waals surface area contributed by atoms with E-state index >= 15 is 0 Å². The summed E-state index contributed by atoms with van der Waals surface area (Å²) in [5, 5.41) is 8.99. The van der Waals surface area contributed by atoms with Crippen LogP contribution in [0.15, 0.2) is 65.8 Å². The fraction of sp³-hybridized carbons (Fsp3) is 0.0800. The molecule has 0 aliphatic rings. The molecule has 0 atom stereocenters. The maximum atomic E-state index is 12.7. The maximum absolute atomic E-state index is 12.7. The van der Waals surface area contributed by atoms with Crippen LogP contribution in [0.1, 0.15) is 38.1 Å². The number of carbonyl (C=O) groups excluding carboxylic acids is 2. The summed E-state index contributed by atoms with van der Waals surface area (Å²) in [6.45, 7) is 3.77. The Morgan fingerprint density at radius 1 is 0.912 bits per heavy atom. The number of aryl methyl sites for hydroxylation is 1. The minimum absolute atomic E-state index is 0.272. The molecule has 34 heavy (non-hydrogen) atoms. The minimum Gasteiger partial charge on any atom is -0.322 e. The van der Waals surface area contributed by atoms with Gasteiger partial charge in [0.05, 0.1) is 21.3 Å². The van der Waals surface area contributed by atoms with Gasteiger partial charge >= 0.3 is 0 Å². The molecular formula is C25H18Cl3N3O2S. The quantitative estimate of drug-likeness (QED) is 0.206. The fourth-order valence-corrected chi connectivity index (χ4v) is 5.23. The van der Waals surface area contributed by atoms with Gasteiger partial charge < -0.3 is 5.32 Å². The van der Waals surface area contributed by atoms with Crippen molar-refractivity contribution < 1.29 is 9.59 Å². The van der Waals surface area contributed by atoms with Crippen molar-refractivity contribution >= 4 is 79.4 Å². The Morgan fingerprint density at radius 3 is 2.35 bits per heavy atom. The number of hydrazone groups is 1. The predicted octanol–water partition coefficient (Wildman–Crippen LogP) is 7.58. The Balaban J connectivity index is 1.43. The number of halogens is 3. The summed E-state index contributed by atoms with van der Waals surface area (Å²) in [5.74, 6) is -0.714. The summed E-state index contributed by atoms with van der Waals surface area (Å²) in [7, 11) is 0. The molecule has 3 aromatic carbocycles. The molecule has 0 fully saturated rings. The van der Waals surface area contributed by atoms with Gasteiger partial charge in [-0.25, -0.2) is 5.43 Å². The third-order valence-electron chi connectivity index (χ3n) is 5.05. The lowest BCUT2D eigenvalue weighted by molar-refractivity contribution is 0.0958. The van der Waals surface area contributed by atoms with E-state index in [2.05, 4.69) is 15.8 Å². The lowest BCUT2D eigenvalue weighted by atomic mass is 10.1. The number of fused-ring (bicyclic) bond motifs is 1. The number of anilines is 1. The van der Waals surface area contributed by atoms with Gasteiger partial charge in [0, 0.05) is 20.8 Å². The third kappa shape index (κ3) is 5.26. The monoisotopic (exact) mass is 529 g/mol. The second kappa shape index (κ2) is 10.2. The molecule has 2 amide bonds. The number of thiophene rings is 1. The van der Waals surface area contributed by atoms with E-state index in [1.807, 2.05) is 25.1 Å². The number of nitrogens with one attached hydrogen (secondary N) is 2. The van der Waals surface area contributed by atoms with Gasteiger partial charge in [-0.1, -0.05) is 59.1 Å². The zero-order chi connectivity index (χ0) is 24.4. The maximum Gasteiger partial charge on any atom is 0.283 e. The minimum atomic E-state index is -0.369. The van der Waals surface area contributed by atoms with Gasteiger partial charge in [-0.15, -0.1) is 11.3 Å². The summed E-state index contributed by atoms with van der Waals surface area (Å²) < 4.78 is 0.952. The molecule has 0 bridgehead atoms. The van der Waals surface area contributed by atoms with Gasteiger partial charge in [0.25, 0.3) is 11.8 Å². The van der Waals surface area contributed by atoms with Crippen molar-refractivity contribution in [3.8, 4) is 0 Å². The van der Waals surface area contributed by atoms with Crippen molar-refractivity contribution in [3.05, 3.63) is 97.3 Å². The average Bonchev–Trinajstić information content (AvgIpc) is 3.13. The number of carbonyl (C=O) groups is 2. The van der Waals surface area contributed by atoms with E-state index in [4.69, 9.17) is 34.8 Å². The van der Waals surface area contributed by atoms with Crippen LogP contribution in [0.3, 0.4) is 0 Å². The van der Waals surface area contributed by atoms with Gasteiger partial charge in [-0.05, 0) is 61.4 Å². The van der Waals surface area contributed by atoms with E-state index in [1.54, 1.807) is 43.3 Å². The molecule has 0 aliphatic carbocycles. The topological polar surface area (TPSA) is 70.6 Å². The highest BCUT2D eigenvalue weighted by atomic mass is 35.5. The molecule has 1 heterocycles. The molecule has 172 valence electrons. The van der Waals surface area contributed by atoms with Crippen LogP contribution in [-0.4, -0.2) is 17.5 Å². The van der Waals surface area contributed by atoms with Crippen LogP contribution in [0.25, 0.3) is 10.1 Å². The number of amides is 2. The number of hydrogen-bond acceptors (Lipinski definition) is 4. The molecule has 1 aromatic heterocycles. The van der Waals surface area contributed by atoms with Crippen LogP contribution < -0.4 is 10.7 Å². The SMILES string of the molecule is CC(=NNC(=O)c1sc2cc(C)ccc2c1Cl)c1ccc(NC(=O)c2ccc(Cl)cc2Cl)cc1. The van der Waals surface area contributed by atoms with Crippen molar-refractivity contribution in [2.45, 2.75) is 13.8 Å². The van der Waals surface area contributed by atoms with E-state index in [0.29, 0.717) is 31.9 Å².